The number of para-hydroxylation sites is 1. The van der Waals surface area contributed by atoms with Crippen molar-refractivity contribution in [1.82, 2.24) is 15.2 Å². The number of hydrogen-bond donors (Lipinski definition) is 4. The SMILES string of the molecule is Cc1cccc(C(CC(=O)NC2CCC(NC(=N)N)CC2)c2cn(CC3CCCCC3)c3ccccc23)c1.Cl. The van der Waals surface area contributed by atoms with Crippen LogP contribution < -0.4 is 16.4 Å². The smallest absolute Gasteiger partial charge is 0.221 e. The Morgan fingerprint density at radius 3 is 2.36 bits per heavy atom. The van der Waals surface area contributed by atoms with Crippen LogP contribution in [0.25, 0.3) is 10.9 Å². The molecule has 7 heteroatoms. The Kier molecular flexibility index (Phi) is 9.95. The second kappa shape index (κ2) is 13.4. The molecule has 3 aromatic rings. The highest BCUT2D eigenvalue weighted by Crippen LogP contribution is 2.36. The maximum absolute atomic E-state index is 13.5. The molecule has 2 aromatic carbocycles. The molecule has 1 unspecified atom stereocenters. The quantitative estimate of drug-likeness (QED) is 0.194. The number of amides is 1. The fourth-order valence-corrected chi connectivity index (χ4v) is 6.72. The first-order valence-corrected chi connectivity index (χ1v) is 14.5. The van der Waals surface area contributed by atoms with Gasteiger partial charge in [-0.1, -0.05) is 67.3 Å². The molecule has 5 N–H and O–H groups in total. The third-order valence-electron chi connectivity index (χ3n) is 8.66. The third-order valence-corrected chi connectivity index (χ3v) is 8.66. The Morgan fingerprint density at radius 2 is 1.67 bits per heavy atom. The molecule has 6 nitrogen and oxygen atoms in total. The van der Waals surface area contributed by atoms with Crippen LogP contribution in [0.3, 0.4) is 0 Å². The fourth-order valence-electron chi connectivity index (χ4n) is 6.72. The van der Waals surface area contributed by atoms with Crippen molar-refractivity contribution in [1.29, 1.82) is 5.41 Å². The van der Waals surface area contributed by atoms with E-state index in [2.05, 4.69) is 76.9 Å². The highest BCUT2D eigenvalue weighted by molar-refractivity contribution is 5.87. The van der Waals surface area contributed by atoms with Crippen LogP contribution >= 0.6 is 12.4 Å². The Balaban J connectivity index is 0.00000353. The summed E-state index contributed by atoms with van der Waals surface area (Å²) in [6.07, 6.45) is 13.1. The third kappa shape index (κ3) is 7.36. The number of nitrogens with one attached hydrogen (secondary N) is 3. The average molecular weight is 550 g/mol. The van der Waals surface area contributed by atoms with Gasteiger partial charge in [-0.2, -0.15) is 0 Å². The summed E-state index contributed by atoms with van der Waals surface area (Å²) in [5.41, 5.74) is 10.5. The summed E-state index contributed by atoms with van der Waals surface area (Å²) in [5.74, 6) is 0.883. The Hall–Kier alpha value is -2.99. The molecular formula is C32H44ClN5O. The van der Waals surface area contributed by atoms with Crippen LogP contribution in [0.15, 0.2) is 54.7 Å². The number of guanidine groups is 1. The van der Waals surface area contributed by atoms with Crippen LogP contribution in [-0.4, -0.2) is 28.5 Å². The van der Waals surface area contributed by atoms with Crippen molar-refractivity contribution in [2.75, 3.05) is 0 Å². The van der Waals surface area contributed by atoms with Crippen LogP contribution in [0.5, 0.6) is 0 Å². The summed E-state index contributed by atoms with van der Waals surface area (Å²) in [6, 6.07) is 17.8. The zero-order valence-electron chi connectivity index (χ0n) is 23.1. The lowest BCUT2D eigenvalue weighted by atomic mass is 9.86. The molecule has 39 heavy (non-hydrogen) atoms. The van der Waals surface area contributed by atoms with Crippen molar-refractivity contribution in [3.05, 3.63) is 71.4 Å². The minimum absolute atomic E-state index is 0. The average Bonchev–Trinajstić information content (AvgIpc) is 3.27. The highest BCUT2D eigenvalue weighted by atomic mass is 35.5. The lowest BCUT2D eigenvalue weighted by Gasteiger charge is -2.30. The monoisotopic (exact) mass is 549 g/mol. The topological polar surface area (TPSA) is 95.9 Å². The van der Waals surface area contributed by atoms with Gasteiger partial charge in [0.15, 0.2) is 5.96 Å². The number of nitrogens with two attached hydrogens (primary N) is 1. The zero-order chi connectivity index (χ0) is 26.5. The molecule has 2 aliphatic rings. The van der Waals surface area contributed by atoms with E-state index in [1.165, 1.54) is 59.7 Å². The van der Waals surface area contributed by atoms with E-state index in [1.807, 2.05) is 0 Å². The van der Waals surface area contributed by atoms with Gasteiger partial charge in [0.2, 0.25) is 5.91 Å². The van der Waals surface area contributed by atoms with Gasteiger partial charge in [-0.15, -0.1) is 12.4 Å². The number of halogens is 1. The molecule has 1 atom stereocenters. The predicted octanol–water partition coefficient (Wildman–Crippen LogP) is 6.38. The molecule has 2 saturated carbocycles. The van der Waals surface area contributed by atoms with Crippen molar-refractivity contribution in [2.24, 2.45) is 11.7 Å². The van der Waals surface area contributed by atoms with Crippen molar-refractivity contribution >= 4 is 35.2 Å². The van der Waals surface area contributed by atoms with Crippen LogP contribution in [-0.2, 0) is 11.3 Å². The van der Waals surface area contributed by atoms with Gasteiger partial charge in [0.05, 0.1) is 0 Å². The lowest BCUT2D eigenvalue weighted by molar-refractivity contribution is -0.122. The molecule has 1 heterocycles. The number of rotatable bonds is 8. The van der Waals surface area contributed by atoms with Gasteiger partial charge in [-0.05, 0) is 68.6 Å². The first-order valence-electron chi connectivity index (χ1n) is 14.5. The molecule has 0 bridgehead atoms. The molecule has 1 aromatic heterocycles. The highest BCUT2D eigenvalue weighted by Gasteiger charge is 2.27. The van der Waals surface area contributed by atoms with E-state index in [9.17, 15) is 4.79 Å². The van der Waals surface area contributed by atoms with Crippen molar-refractivity contribution in [3.63, 3.8) is 0 Å². The van der Waals surface area contributed by atoms with Gasteiger partial charge in [0.25, 0.3) is 0 Å². The second-order valence-electron chi connectivity index (χ2n) is 11.6. The van der Waals surface area contributed by atoms with Crippen molar-refractivity contribution < 1.29 is 4.79 Å². The number of nitrogens with zero attached hydrogens (tertiary/aromatic N) is 1. The lowest BCUT2D eigenvalue weighted by Crippen LogP contribution is -2.45. The summed E-state index contributed by atoms with van der Waals surface area (Å²) >= 11 is 0. The maximum Gasteiger partial charge on any atom is 0.221 e. The van der Waals surface area contributed by atoms with Gasteiger partial charge in [0, 0.05) is 48.1 Å². The van der Waals surface area contributed by atoms with E-state index in [0.29, 0.717) is 6.42 Å². The van der Waals surface area contributed by atoms with E-state index >= 15 is 0 Å². The van der Waals surface area contributed by atoms with E-state index in [0.717, 1.165) is 38.1 Å². The molecule has 2 fully saturated rings. The first-order chi connectivity index (χ1) is 18.5. The second-order valence-corrected chi connectivity index (χ2v) is 11.6. The van der Waals surface area contributed by atoms with Crippen LogP contribution in [0.1, 0.15) is 86.8 Å². The zero-order valence-corrected chi connectivity index (χ0v) is 23.9. The standard InChI is InChI=1S/C32H43N5O.ClH/c1-22-8-7-11-24(18-22)28(19-31(38)35-25-14-16-26(17-15-25)36-32(33)34)29-21-37(20-23-9-3-2-4-10-23)30-13-6-5-12-27(29)30;/h5-8,11-13,18,21,23,25-26,28H,2-4,9-10,14-17,19-20H2,1H3,(H,35,38)(H4,33,34,36);1H. The van der Waals surface area contributed by atoms with Crippen LogP contribution in [0.4, 0.5) is 0 Å². The van der Waals surface area contributed by atoms with E-state index < -0.39 is 0 Å². The molecule has 0 aliphatic heterocycles. The predicted molar refractivity (Wildman–Crippen MR) is 163 cm³/mol. The normalized spacial score (nSPS) is 20.6. The molecule has 2 aliphatic carbocycles. The fraction of sp³-hybridized carbons (Fsp3) is 0.500. The van der Waals surface area contributed by atoms with E-state index in [-0.39, 0.29) is 42.3 Å². The van der Waals surface area contributed by atoms with Gasteiger partial charge in [-0.25, -0.2) is 0 Å². The van der Waals surface area contributed by atoms with Crippen LogP contribution in [0.2, 0.25) is 0 Å². The maximum atomic E-state index is 13.5. The van der Waals surface area contributed by atoms with Gasteiger partial charge < -0.3 is 20.9 Å². The largest absolute Gasteiger partial charge is 0.370 e. The number of benzene rings is 2. The number of fused-ring (bicyclic) bond motifs is 1. The number of aryl methyl sites for hydroxylation is 1. The van der Waals surface area contributed by atoms with Crippen LogP contribution in [0, 0.1) is 18.3 Å². The molecule has 5 rings (SSSR count). The minimum atomic E-state index is 0. The molecule has 0 radical (unpaired) electrons. The summed E-state index contributed by atoms with van der Waals surface area (Å²) in [4.78, 5) is 13.5. The summed E-state index contributed by atoms with van der Waals surface area (Å²) in [6.45, 7) is 3.19. The Bertz CT molecular complexity index is 1260. The first kappa shape index (κ1) is 29.0. The number of aromatic nitrogens is 1. The number of carbonyl (C=O) groups is 1. The van der Waals surface area contributed by atoms with Gasteiger partial charge >= 0.3 is 0 Å². The van der Waals surface area contributed by atoms with E-state index in [4.69, 9.17) is 11.1 Å². The molecular weight excluding hydrogens is 506 g/mol. The Labute approximate surface area is 239 Å². The number of carbonyl (C=O) groups excluding carboxylic acids is 1. The molecule has 0 spiro atoms. The Morgan fingerprint density at radius 1 is 0.974 bits per heavy atom. The molecule has 1 amide bonds. The number of hydrogen-bond acceptors (Lipinski definition) is 2. The summed E-state index contributed by atoms with van der Waals surface area (Å²) < 4.78 is 2.46. The molecule has 210 valence electrons. The van der Waals surface area contributed by atoms with Gasteiger partial charge in [0.1, 0.15) is 0 Å². The minimum Gasteiger partial charge on any atom is -0.370 e. The molecule has 0 saturated heterocycles. The van der Waals surface area contributed by atoms with Crippen molar-refractivity contribution in [3.8, 4) is 0 Å². The summed E-state index contributed by atoms with van der Waals surface area (Å²) in [5, 5.41) is 15.1. The van der Waals surface area contributed by atoms with Gasteiger partial charge in [-0.3, -0.25) is 10.2 Å². The summed E-state index contributed by atoms with van der Waals surface area (Å²) in [7, 11) is 0. The van der Waals surface area contributed by atoms with Crippen molar-refractivity contribution in [2.45, 2.75) is 95.7 Å². The van der Waals surface area contributed by atoms with E-state index in [1.54, 1.807) is 0 Å².